The van der Waals surface area contributed by atoms with Crippen LogP contribution < -0.4 is 0 Å². The van der Waals surface area contributed by atoms with Gasteiger partial charge in [0.1, 0.15) is 16.6 Å². The van der Waals surface area contributed by atoms with E-state index in [0.717, 1.165) is 16.6 Å². The average molecular weight is 493 g/mol. The minimum Gasteiger partial charge on any atom is -0.391 e. The Bertz CT molecular complexity index is 1340. The molecule has 0 radical (unpaired) electrons. The van der Waals surface area contributed by atoms with E-state index in [2.05, 4.69) is 25.4 Å². The number of nitrogens with zero attached hydrogens (tertiary/aromatic N) is 5. The predicted molar refractivity (Wildman–Crippen MR) is 118 cm³/mol. The van der Waals surface area contributed by atoms with Gasteiger partial charge >= 0.3 is 0 Å². The first-order valence-corrected chi connectivity index (χ1v) is 11.7. The van der Waals surface area contributed by atoms with E-state index in [1.807, 2.05) is 6.92 Å². The molecule has 5 rings (SSSR count). The summed E-state index contributed by atoms with van der Waals surface area (Å²) in [6.07, 6.45) is 0.114. The first kappa shape index (κ1) is 21.9. The smallest absolute Gasteiger partial charge is 0.248 e. The minimum absolute atomic E-state index is 0.0152. The number of rotatable bonds is 6. The van der Waals surface area contributed by atoms with Crippen LogP contribution in [0.3, 0.4) is 0 Å². The molecule has 0 bridgehead atoms. The molecule has 1 unspecified atom stereocenters. The fraction of sp³-hybridized carbons (Fsp3) is 0.350. The molecule has 0 spiro atoms. The molecule has 4 heterocycles. The maximum absolute atomic E-state index is 14.8. The molecule has 1 fully saturated rings. The number of amides is 1. The lowest BCUT2D eigenvalue weighted by Gasteiger charge is -2.14. The lowest BCUT2D eigenvalue weighted by atomic mass is 10.2. The number of carbonyl (C=O) groups excluding carboxylic acids is 1. The van der Waals surface area contributed by atoms with Crippen LogP contribution in [0.1, 0.15) is 17.1 Å². The second kappa shape index (κ2) is 8.82. The zero-order chi connectivity index (χ0) is 23.1. The zero-order valence-electron chi connectivity index (χ0n) is 17.3. The van der Waals surface area contributed by atoms with Gasteiger partial charge in [-0.3, -0.25) is 4.79 Å². The number of hydrogen-bond donors (Lipinski definition) is 2. The molecular weight excluding hydrogens is 474 g/mol. The molecule has 1 atom stereocenters. The molecular formula is C20H18F2N6O3S2. The summed E-state index contributed by atoms with van der Waals surface area (Å²) in [5, 5.41) is 21.8. The van der Waals surface area contributed by atoms with E-state index < -0.39 is 17.7 Å². The number of H-pyrrole nitrogens is 1. The normalized spacial score (nSPS) is 16.2. The third-order valence-corrected chi connectivity index (χ3v) is 7.29. The number of aromatic amines is 1. The van der Waals surface area contributed by atoms with E-state index >= 15 is 0 Å². The van der Waals surface area contributed by atoms with Crippen molar-refractivity contribution < 1.29 is 23.4 Å². The first-order chi connectivity index (χ1) is 15.9. The maximum Gasteiger partial charge on any atom is 0.248 e. The van der Waals surface area contributed by atoms with Gasteiger partial charge < -0.3 is 14.7 Å². The highest BCUT2D eigenvalue weighted by Crippen LogP contribution is 2.36. The Morgan fingerprint density at radius 2 is 2.15 bits per heavy atom. The van der Waals surface area contributed by atoms with E-state index in [1.165, 1.54) is 22.7 Å². The number of benzene rings is 1. The molecule has 0 saturated carbocycles. The van der Waals surface area contributed by atoms with E-state index in [9.17, 15) is 18.7 Å². The number of aryl methyl sites for hydroxylation is 1. The number of halogens is 2. The fourth-order valence-corrected chi connectivity index (χ4v) is 5.49. The van der Waals surface area contributed by atoms with Crippen LogP contribution >= 0.6 is 22.7 Å². The van der Waals surface area contributed by atoms with Crippen LogP contribution in [0, 0.1) is 18.6 Å². The van der Waals surface area contributed by atoms with Crippen molar-refractivity contribution in [2.45, 2.75) is 26.1 Å². The number of aromatic nitrogens is 5. The van der Waals surface area contributed by atoms with Crippen molar-refractivity contribution >= 4 is 39.6 Å². The highest BCUT2D eigenvalue weighted by atomic mass is 32.1. The van der Waals surface area contributed by atoms with Gasteiger partial charge in [0.15, 0.2) is 22.7 Å². The SMILES string of the molecule is Cc1nc(COCC(=O)N2CCC(O)C2)sc1-c1csc(-c2cc(F)c3n[nH]nc3c2F)n1. The molecule has 1 amide bonds. The summed E-state index contributed by atoms with van der Waals surface area (Å²) in [4.78, 5) is 23.5. The molecule has 4 aromatic rings. The van der Waals surface area contributed by atoms with E-state index in [4.69, 9.17) is 4.74 Å². The quantitative estimate of drug-likeness (QED) is 0.425. The van der Waals surface area contributed by atoms with Crippen molar-refractivity contribution in [3.05, 3.63) is 33.8 Å². The van der Waals surface area contributed by atoms with Crippen LogP contribution in [-0.4, -0.2) is 67.1 Å². The van der Waals surface area contributed by atoms with Gasteiger partial charge in [-0.1, -0.05) is 0 Å². The number of likely N-dealkylation sites (tertiary alicyclic amines) is 1. The first-order valence-electron chi connectivity index (χ1n) is 10.1. The second-order valence-electron chi connectivity index (χ2n) is 7.58. The highest BCUT2D eigenvalue weighted by Gasteiger charge is 2.25. The molecule has 1 aromatic carbocycles. The highest BCUT2D eigenvalue weighted by molar-refractivity contribution is 7.16. The molecule has 1 aliphatic heterocycles. The van der Waals surface area contributed by atoms with Crippen LogP contribution in [-0.2, 0) is 16.1 Å². The Labute approximate surface area is 194 Å². The van der Waals surface area contributed by atoms with Crippen molar-refractivity contribution in [3.8, 4) is 21.1 Å². The second-order valence-corrected chi connectivity index (χ2v) is 9.52. The third kappa shape index (κ3) is 4.24. The number of hydrogen-bond acceptors (Lipinski definition) is 9. The summed E-state index contributed by atoms with van der Waals surface area (Å²) in [7, 11) is 0. The number of ether oxygens (including phenoxy) is 1. The predicted octanol–water partition coefficient (Wildman–Crippen LogP) is 2.90. The number of aliphatic hydroxyl groups excluding tert-OH is 1. The molecule has 3 aromatic heterocycles. The Morgan fingerprint density at radius 1 is 1.33 bits per heavy atom. The molecule has 13 heteroatoms. The molecule has 0 aliphatic carbocycles. The third-order valence-electron chi connectivity index (χ3n) is 5.26. The average Bonchev–Trinajstić information content (AvgIpc) is 3.57. The summed E-state index contributed by atoms with van der Waals surface area (Å²) >= 11 is 2.55. The van der Waals surface area contributed by atoms with Crippen molar-refractivity contribution in [2.24, 2.45) is 0 Å². The van der Waals surface area contributed by atoms with Gasteiger partial charge in [0, 0.05) is 18.5 Å². The van der Waals surface area contributed by atoms with Gasteiger partial charge in [0.2, 0.25) is 5.91 Å². The molecule has 172 valence electrons. The number of carbonyl (C=O) groups is 1. The Kier molecular flexibility index (Phi) is 5.86. The summed E-state index contributed by atoms with van der Waals surface area (Å²) in [6, 6.07) is 1.07. The van der Waals surface area contributed by atoms with E-state index in [-0.39, 0.29) is 35.7 Å². The molecule has 33 heavy (non-hydrogen) atoms. The number of thiazole rings is 2. The summed E-state index contributed by atoms with van der Waals surface area (Å²) < 4.78 is 34.6. The number of fused-ring (bicyclic) bond motifs is 1. The fourth-order valence-electron chi connectivity index (χ4n) is 3.63. The van der Waals surface area contributed by atoms with Gasteiger partial charge in [-0.2, -0.15) is 15.4 Å². The molecule has 2 N–H and O–H groups in total. The van der Waals surface area contributed by atoms with Crippen molar-refractivity contribution in [1.82, 2.24) is 30.3 Å². The van der Waals surface area contributed by atoms with Crippen LogP contribution in [0.2, 0.25) is 0 Å². The summed E-state index contributed by atoms with van der Waals surface area (Å²) in [5.74, 6) is -1.54. The zero-order valence-corrected chi connectivity index (χ0v) is 19.0. The van der Waals surface area contributed by atoms with Gasteiger partial charge in [-0.05, 0) is 19.4 Å². The van der Waals surface area contributed by atoms with Crippen molar-refractivity contribution in [1.29, 1.82) is 0 Å². The van der Waals surface area contributed by atoms with Gasteiger partial charge in [-0.15, -0.1) is 22.7 Å². The molecule has 1 saturated heterocycles. The minimum atomic E-state index is -0.689. The number of β-amino-alcohol motifs (C(OH)–C–C–N with tert-alkyl or cyclic N) is 1. The van der Waals surface area contributed by atoms with Gasteiger partial charge in [-0.25, -0.2) is 18.7 Å². The summed E-state index contributed by atoms with van der Waals surface area (Å²) in [5.41, 5.74) is 1.01. The Hall–Kier alpha value is -2.87. The van der Waals surface area contributed by atoms with Crippen LogP contribution in [0.4, 0.5) is 8.78 Å². The van der Waals surface area contributed by atoms with E-state index in [1.54, 1.807) is 10.3 Å². The van der Waals surface area contributed by atoms with Gasteiger partial charge in [0.05, 0.1) is 34.5 Å². The van der Waals surface area contributed by atoms with Gasteiger partial charge in [0.25, 0.3) is 0 Å². The number of nitrogens with one attached hydrogen (secondary N) is 1. The van der Waals surface area contributed by atoms with Crippen molar-refractivity contribution in [3.63, 3.8) is 0 Å². The van der Waals surface area contributed by atoms with Crippen LogP contribution in [0.15, 0.2) is 11.4 Å². The summed E-state index contributed by atoms with van der Waals surface area (Å²) in [6.45, 7) is 2.77. The lowest BCUT2D eigenvalue weighted by molar-refractivity contribution is -0.135. The lowest BCUT2D eigenvalue weighted by Crippen LogP contribution is -2.32. The Morgan fingerprint density at radius 3 is 2.94 bits per heavy atom. The monoisotopic (exact) mass is 492 g/mol. The topological polar surface area (TPSA) is 117 Å². The maximum atomic E-state index is 14.8. The number of aliphatic hydroxyl groups is 1. The Balaban J connectivity index is 1.29. The molecule has 9 nitrogen and oxygen atoms in total. The van der Waals surface area contributed by atoms with E-state index in [0.29, 0.717) is 35.2 Å². The standard InChI is InChI=1S/C20H18F2N6O3S2/c1-9-19(33-14(23-9)6-31-7-15(30)28-3-2-10(29)5-28)13-8-32-20(24-13)11-4-12(21)17-18(16(11)22)26-27-25-17/h4,8,10,29H,2-3,5-7H2,1H3,(H,25,26,27). The van der Waals surface area contributed by atoms with Crippen LogP contribution in [0.25, 0.3) is 32.2 Å². The largest absolute Gasteiger partial charge is 0.391 e. The van der Waals surface area contributed by atoms with Crippen LogP contribution in [0.5, 0.6) is 0 Å². The van der Waals surface area contributed by atoms with Crippen molar-refractivity contribution in [2.75, 3.05) is 19.7 Å². The molecule has 1 aliphatic rings.